The molecule has 23 heavy (non-hydrogen) atoms. The van der Waals surface area contributed by atoms with Gasteiger partial charge in [0.1, 0.15) is 0 Å². The summed E-state index contributed by atoms with van der Waals surface area (Å²) in [4.78, 5) is 28.1. The van der Waals surface area contributed by atoms with Crippen LogP contribution in [0.5, 0.6) is 5.75 Å². The van der Waals surface area contributed by atoms with E-state index in [9.17, 15) is 14.7 Å². The fraction of sp³-hybridized carbons (Fsp3) is 0.667. The molecule has 0 amide bonds. The summed E-state index contributed by atoms with van der Waals surface area (Å²) in [6.45, 7) is 12.4. The van der Waals surface area contributed by atoms with Crippen molar-refractivity contribution in [2.45, 2.75) is 58.2 Å². The molecule has 1 rings (SSSR count). The van der Waals surface area contributed by atoms with Crippen molar-refractivity contribution in [3.63, 3.8) is 0 Å². The smallest absolute Gasteiger partial charge is 0.358 e. The summed E-state index contributed by atoms with van der Waals surface area (Å²) >= 11 is 3.11. The molecule has 0 fully saturated rings. The van der Waals surface area contributed by atoms with Crippen molar-refractivity contribution in [2.24, 2.45) is 7.05 Å². The summed E-state index contributed by atoms with van der Waals surface area (Å²) in [6, 6.07) is 0. The van der Waals surface area contributed by atoms with Gasteiger partial charge in [0.25, 0.3) is 13.9 Å². The van der Waals surface area contributed by atoms with E-state index >= 15 is 0 Å². The van der Waals surface area contributed by atoms with Gasteiger partial charge in [-0.05, 0) is 32.6 Å². The Labute approximate surface area is 146 Å². The van der Waals surface area contributed by atoms with Crippen LogP contribution in [0.15, 0.2) is 9.53 Å². The molecule has 0 aliphatic carbocycles. The van der Waals surface area contributed by atoms with Crippen LogP contribution in [0.1, 0.15) is 52.0 Å². The third-order valence-corrected chi connectivity index (χ3v) is 11.1. The molecule has 0 aliphatic heterocycles. The highest BCUT2D eigenvalue weighted by molar-refractivity contribution is 9.10. The summed E-state index contributed by atoms with van der Waals surface area (Å²) in [5, 5.41) is 9.42. The van der Waals surface area contributed by atoms with Crippen LogP contribution in [0.2, 0.25) is 16.6 Å². The SMILES string of the molecule is CC(C)[Si](Oc1c(C(=O)O)nc(Br)n(C)c1=O)(C(C)C)C(C)C. The largest absolute Gasteiger partial charge is 0.537 e. The topological polar surface area (TPSA) is 81.4 Å². The van der Waals surface area contributed by atoms with Crippen LogP contribution in [0.4, 0.5) is 0 Å². The molecule has 0 atom stereocenters. The van der Waals surface area contributed by atoms with Crippen LogP contribution in [-0.4, -0.2) is 28.9 Å². The van der Waals surface area contributed by atoms with E-state index in [0.717, 1.165) is 0 Å². The predicted octanol–water partition coefficient (Wildman–Crippen LogP) is 3.80. The average Bonchev–Trinajstić information content (AvgIpc) is 2.42. The number of carbonyl (C=O) groups is 1. The molecule has 0 unspecified atom stereocenters. The zero-order valence-electron chi connectivity index (χ0n) is 14.7. The van der Waals surface area contributed by atoms with Crippen LogP contribution in [0.3, 0.4) is 0 Å². The molecule has 8 heteroatoms. The minimum absolute atomic E-state index is 0.147. The van der Waals surface area contributed by atoms with Crippen molar-refractivity contribution < 1.29 is 14.3 Å². The van der Waals surface area contributed by atoms with Gasteiger partial charge >= 0.3 is 5.97 Å². The van der Waals surface area contributed by atoms with Crippen LogP contribution in [0.25, 0.3) is 0 Å². The predicted molar refractivity (Wildman–Crippen MR) is 95.8 cm³/mol. The third kappa shape index (κ3) is 3.52. The molecule has 0 saturated carbocycles. The Morgan fingerprint density at radius 1 is 1.17 bits per heavy atom. The number of halogens is 1. The number of nitrogens with zero attached hydrogens (tertiary/aromatic N) is 2. The van der Waals surface area contributed by atoms with Crippen LogP contribution in [0, 0.1) is 0 Å². The third-order valence-electron chi connectivity index (χ3n) is 4.38. The maximum atomic E-state index is 12.6. The molecule has 1 heterocycles. The first-order valence-corrected chi connectivity index (χ1v) is 10.6. The summed E-state index contributed by atoms with van der Waals surface area (Å²) < 4.78 is 7.70. The highest BCUT2D eigenvalue weighted by atomic mass is 79.9. The minimum Gasteiger partial charge on any atom is -0.537 e. The normalized spacial score (nSPS) is 12.3. The second-order valence-electron chi connectivity index (χ2n) is 6.65. The van der Waals surface area contributed by atoms with Crippen molar-refractivity contribution >= 4 is 30.2 Å². The minimum atomic E-state index is -2.45. The van der Waals surface area contributed by atoms with Crippen LogP contribution in [-0.2, 0) is 7.05 Å². The first-order chi connectivity index (χ1) is 10.5. The second-order valence-corrected chi connectivity index (χ2v) is 12.7. The number of hydrogen-bond donors (Lipinski definition) is 1. The van der Waals surface area contributed by atoms with Gasteiger partial charge in [0.05, 0.1) is 0 Å². The molecule has 0 aliphatic rings. The highest BCUT2D eigenvalue weighted by Gasteiger charge is 2.48. The number of hydrogen-bond acceptors (Lipinski definition) is 4. The zero-order valence-corrected chi connectivity index (χ0v) is 17.3. The number of aromatic nitrogens is 2. The van der Waals surface area contributed by atoms with Crippen molar-refractivity contribution in [2.75, 3.05) is 0 Å². The fourth-order valence-corrected chi connectivity index (χ4v) is 8.91. The first-order valence-electron chi connectivity index (χ1n) is 7.65. The molecule has 0 bridgehead atoms. The van der Waals surface area contributed by atoms with E-state index in [1.807, 2.05) is 0 Å². The van der Waals surface area contributed by atoms with Gasteiger partial charge in [-0.25, -0.2) is 9.78 Å². The van der Waals surface area contributed by atoms with Crippen LogP contribution >= 0.6 is 15.9 Å². The zero-order chi connectivity index (χ0) is 18.1. The van der Waals surface area contributed by atoms with E-state index in [1.165, 1.54) is 11.6 Å². The standard InChI is InChI=1S/C15H25BrN2O4Si/c1-8(2)23(9(3)4,10(5)6)22-12-11(14(20)21)17-15(16)18(7)13(12)19/h8-10H,1-7H3,(H,20,21). The maximum Gasteiger partial charge on any atom is 0.358 e. The number of rotatable bonds is 6. The van der Waals surface area contributed by atoms with Gasteiger partial charge < -0.3 is 9.53 Å². The van der Waals surface area contributed by atoms with Gasteiger partial charge in [0.15, 0.2) is 10.4 Å². The van der Waals surface area contributed by atoms with E-state index in [-0.39, 0.29) is 32.8 Å². The quantitative estimate of drug-likeness (QED) is 0.575. The van der Waals surface area contributed by atoms with E-state index in [4.69, 9.17) is 4.43 Å². The molecule has 6 nitrogen and oxygen atoms in total. The number of carboxylic acids is 1. The highest BCUT2D eigenvalue weighted by Crippen LogP contribution is 2.42. The van der Waals surface area contributed by atoms with Crippen molar-refractivity contribution in [1.29, 1.82) is 0 Å². The van der Waals surface area contributed by atoms with Crippen LogP contribution < -0.4 is 9.99 Å². The van der Waals surface area contributed by atoms with Gasteiger partial charge in [-0.1, -0.05) is 41.5 Å². The van der Waals surface area contributed by atoms with E-state index < -0.39 is 19.8 Å². The Balaban J connectivity index is 3.66. The van der Waals surface area contributed by atoms with E-state index in [0.29, 0.717) is 0 Å². The molecule has 1 aromatic rings. The lowest BCUT2D eigenvalue weighted by molar-refractivity contribution is 0.0686. The lowest BCUT2D eigenvalue weighted by atomic mass is 10.4. The van der Waals surface area contributed by atoms with Crippen molar-refractivity contribution in [3.05, 3.63) is 20.8 Å². The van der Waals surface area contributed by atoms with Gasteiger partial charge in [0.2, 0.25) is 5.75 Å². The Morgan fingerprint density at radius 2 is 1.61 bits per heavy atom. The molecular formula is C15H25BrN2O4Si. The first kappa shape index (κ1) is 19.9. The van der Waals surface area contributed by atoms with E-state index in [2.05, 4.69) is 62.5 Å². The summed E-state index contributed by atoms with van der Waals surface area (Å²) in [5.41, 5.74) is -0.158. The molecule has 0 saturated heterocycles. The Morgan fingerprint density at radius 3 is 1.96 bits per heavy atom. The van der Waals surface area contributed by atoms with E-state index in [1.54, 1.807) is 0 Å². The van der Waals surface area contributed by atoms with Gasteiger partial charge in [-0.15, -0.1) is 0 Å². The Hall–Kier alpha value is -1.15. The van der Waals surface area contributed by atoms with Gasteiger partial charge in [0, 0.05) is 7.05 Å². The van der Waals surface area contributed by atoms with Crippen molar-refractivity contribution in [3.8, 4) is 5.75 Å². The lowest BCUT2D eigenvalue weighted by Gasteiger charge is -2.42. The molecular weight excluding hydrogens is 380 g/mol. The summed E-state index contributed by atoms with van der Waals surface area (Å²) in [7, 11) is -0.920. The fourth-order valence-electron chi connectivity index (χ4n) is 3.32. The summed E-state index contributed by atoms with van der Waals surface area (Å²) in [5.74, 6) is -1.41. The maximum absolute atomic E-state index is 12.6. The molecule has 0 radical (unpaired) electrons. The molecule has 1 N–H and O–H groups in total. The molecule has 1 aromatic heterocycles. The van der Waals surface area contributed by atoms with Gasteiger partial charge in [-0.3, -0.25) is 9.36 Å². The molecule has 130 valence electrons. The number of aromatic carboxylic acids is 1. The average molecular weight is 405 g/mol. The van der Waals surface area contributed by atoms with Gasteiger partial charge in [-0.2, -0.15) is 0 Å². The summed E-state index contributed by atoms with van der Waals surface area (Å²) in [6.07, 6.45) is 0. The molecule has 0 spiro atoms. The molecule has 0 aromatic carbocycles. The van der Waals surface area contributed by atoms with Crippen molar-refractivity contribution in [1.82, 2.24) is 9.55 Å². The Bertz CT molecular complexity index is 634. The lowest BCUT2D eigenvalue weighted by Crippen LogP contribution is -2.52. The monoisotopic (exact) mass is 404 g/mol. The second kappa shape index (κ2) is 7.17. The number of carboxylic acid groups (broad SMARTS) is 1. The Kier molecular flexibility index (Phi) is 6.20.